The second-order valence-corrected chi connectivity index (χ2v) is 6.66. The van der Waals surface area contributed by atoms with Crippen LogP contribution >= 0.6 is 11.6 Å². The van der Waals surface area contributed by atoms with Crippen molar-refractivity contribution in [3.8, 4) is 5.75 Å². The van der Waals surface area contributed by atoms with E-state index in [1.165, 1.54) is 0 Å². The van der Waals surface area contributed by atoms with Gasteiger partial charge in [0.2, 0.25) is 0 Å². The van der Waals surface area contributed by atoms with Crippen molar-refractivity contribution in [3.63, 3.8) is 0 Å². The van der Waals surface area contributed by atoms with Crippen LogP contribution in [0.5, 0.6) is 5.75 Å². The monoisotopic (exact) mass is 389 g/mol. The lowest BCUT2D eigenvalue weighted by molar-refractivity contribution is -0.136. The van der Waals surface area contributed by atoms with Crippen LogP contribution in [0.15, 0.2) is 89.6 Å². The first kappa shape index (κ1) is 18.0. The van der Waals surface area contributed by atoms with Crippen LogP contribution in [0.4, 0.5) is 0 Å². The second kappa shape index (κ2) is 8.11. The third-order valence-corrected chi connectivity index (χ3v) is 4.50. The first-order chi connectivity index (χ1) is 13.7. The molecule has 0 saturated carbocycles. The summed E-state index contributed by atoms with van der Waals surface area (Å²) < 4.78 is 5.79. The van der Waals surface area contributed by atoms with Crippen LogP contribution in [0.3, 0.4) is 0 Å². The van der Waals surface area contributed by atoms with Crippen LogP contribution < -0.4 is 4.74 Å². The molecule has 3 aromatic carbocycles. The van der Waals surface area contributed by atoms with Crippen LogP contribution in [0.2, 0.25) is 5.02 Å². The van der Waals surface area contributed by atoms with E-state index in [1.807, 2.05) is 78.9 Å². The number of hydrogen-bond donors (Lipinski definition) is 0. The quantitative estimate of drug-likeness (QED) is 0.441. The van der Waals surface area contributed by atoms with Crippen LogP contribution in [0.25, 0.3) is 6.08 Å². The highest BCUT2D eigenvalue weighted by molar-refractivity contribution is 6.31. The van der Waals surface area contributed by atoms with Crippen LogP contribution in [0.1, 0.15) is 16.7 Å². The summed E-state index contributed by atoms with van der Waals surface area (Å²) in [4.78, 5) is 16.9. The van der Waals surface area contributed by atoms with Gasteiger partial charge in [-0.1, -0.05) is 71.4 Å². The molecule has 0 unspecified atom stereocenters. The fraction of sp³-hybridized carbons (Fsp3) is 0.0435. The lowest BCUT2D eigenvalue weighted by atomic mass is 10.0. The average Bonchev–Trinajstić information content (AvgIpc) is 3.09. The number of carbonyl (C=O) groups excluding carboxylic acids is 1. The predicted molar refractivity (Wildman–Crippen MR) is 109 cm³/mol. The molecule has 1 aliphatic heterocycles. The van der Waals surface area contributed by atoms with Crippen molar-refractivity contribution in [3.05, 3.63) is 106 Å². The molecule has 1 heterocycles. The van der Waals surface area contributed by atoms with Crippen molar-refractivity contribution >= 4 is 29.4 Å². The topological polar surface area (TPSA) is 47.9 Å². The van der Waals surface area contributed by atoms with E-state index in [-0.39, 0.29) is 0 Å². The normalized spacial score (nSPS) is 14.7. The zero-order valence-electron chi connectivity index (χ0n) is 14.8. The molecule has 4 rings (SSSR count). The molecule has 0 N–H and O–H groups in total. The standard InChI is InChI=1S/C23H16ClNO3/c24-19-10-6-17(7-11-19)15-27-20-12-8-16(9-13-20)14-21-22(25-28-23(21)26)18-4-2-1-3-5-18/h1-14H,15H2/b21-14+. The molecule has 0 bridgehead atoms. The number of rotatable bonds is 5. The molecule has 0 aromatic heterocycles. The van der Waals surface area contributed by atoms with Gasteiger partial charge in [-0.3, -0.25) is 0 Å². The molecule has 0 radical (unpaired) electrons. The van der Waals surface area contributed by atoms with E-state index in [0.717, 1.165) is 22.4 Å². The van der Waals surface area contributed by atoms with Gasteiger partial charge in [0.15, 0.2) is 0 Å². The first-order valence-corrected chi connectivity index (χ1v) is 9.11. The second-order valence-electron chi connectivity index (χ2n) is 6.23. The first-order valence-electron chi connectivity index (χ1n) is 8.73. The molecular formula is C23H16ClNO3. The Morgan fingerprint density at radius 3 is 2.36 bits per heavy atom. The molecule has 28 heavy (non-hydrogen) atoms. The molecule has 138 valence electrons. The average molecular weight is 390 g/mol. The minimum Gasteiger partial charge on any atom is -0.489 e. The lowest BCUT2D eigenvalue weighted by Gasteiger charge is -2.07. The maximum absolute atomic E-state index is 12.1. The number of carbonyl (C=O) groups is 1. The molecule has 0 fully saturated rings. The summed E-state index contributed by atoms with van der Waals surface area (Å²) in [5.74, 6) is 0.282. The van der Waals surface area contributed by atoms with Gasteiger partial charge in [-0.05, 0) is 41.5 Å². The van der Waals surface area contributed by atoms with Gasteiger partial charge in [-0.2, -0.15) is 0 Å². The van der Waals surface area contributed by atoms with Crippen molar-refractivity contribution in [1.82, 2.24) is 0 Å². The Hall–Kier alpha value is -3.37. The molecule has 0 atom stereocenters. The molecule has 0 amide bonds. The van der Waals surface area contributed by atoms with Gasteiger partial charge in [0.25, 0.3) is 0 Å². The predicted octanol–water partition coefficient (Wildman–Crippen LogP) is 5.26. The highest BCUT2D eigenvalue weighted by atomic mass is 35.5. The van der Waals surface area contributed by atoms with Gasteiger partial charge in [0, 0.05) is 10.6 Å². The van der Waals surface area contributed by atoms with Crippen molar-refractivity contribution in [2.45, 2.75) is 6.61 Å². The molecule has 1 aliphatic rings. The molecular weight excluding hydrogens is 374 g/mol. The smallest absolute Gasteiger partial charge is 0.368 e. The number of hydrogen-bond acceptors (Lipinski definition) is 4. The Kier molecular flexibility index (Phi) is 5.22. The van der Waals surface area contributed by atoms with E-state index < -0.39 is 5.97 Å². The van der Waals surface area contributed by atoms with E-state index in [1.54, 1.807) is 6.08 Å². The molecule has 3 aromatic rings. The van der Waals surface area contributed by atoms with E-state index in [2.05, 4.69) is 5.16 Å². The minimum absolute atomic E-state index is 0.432. The summed E-state index contributed by atoms with van der Waals surface area (Å²) in [6.07, 6.45) is 1.77. The Balaban J connectivity index is 1.48. The zero-order valence-corrected chi connectivity index (χ0v) is 15.6. The van der Waals surface area contributed by atoms with Gasteiger partial charge >= 0.3 is 5.97 Å². The largest absolute Gasteiger partial charge is 0.489 e. The highest BCUT2D eigenvalue weighted by Gasteiger charge is 2.26. The summed E-state index contributed by atoms with van der Waals surface area (Å²) >= 11 is 5.89. The van der Waals surface area contributed by atoms with Gasteiger partial charge in [-0.25, -0.2) is 4.79 Å². The minimum atomic E-state index is -0.457. The highest BCUT2D eigenvalue weighted by Crippen LogP contribution is 2.22. The van der Waals surface area contributed by atoms with Gasteiger partial charge in [-0.15, -0.1) is 0 Å². The summed E-state index contributed by atoms with van der Waals surface area (Å²) in [5, 5.41) is 4.62. The van der Waals surface area contributed by atoms with Gasteiger partial charge in [0.05, 0.1) is 5.57 Å². The Bertz CT molecular complexity index is 1040. The molecule has 4 nitrogen and oxygen atoms in total. The number of benzene rings is 3. The van der Waals surface area contributed by atoms with E-state index in [4.69, 9.17) is 21.2 Å². The van der Waals surface area contributed by atoms with Crippen molar-refractivity contribution in [2.75, 3.05) is 0 Å². The van der Waals surface area contributed by atoms with Crippen molar-refractivity contribution in [2.24, 2.45) is 5.16 Å². The Morgan fingerprint density at radius 2 is 1.64 bits per heavy atom. The van der Waals surface area contributed by atoms with Gasteiger partial charge in [0.1, 0.15) is 18.1 Å². The number of ether oxygens (including phenoxy) is 1. The van der Waals surface area contributed by atoms with Crippen molar-refractivity contribution < 1.29 is 14.4 Å². The third kappa shape index (κ3) is 4.13. The summed E-state index contributed by atoms with van der Waals surface area (Å²) in [6, 6.07) is 24.5. The van der Waals surface area contributed by atoms with E-state index >= 15 is 0 Å². The molecule has 0 saturated heterocycles. The van der Waals surface area contributed by atoms with E-state index in [0.29, 0.717) is 22.9 Å². The van der Waals surface area contributed by atoms with Crippen LogP contribution in [-0.2, 0) is 16.2 Å². The van der Waals surface area contributed by atoms with Gasteiger partial charge < -0.3 is 9.57 Å². The number of oxime groups is 1. The molecule has 5 heteroatoms. The number of halogens is 1. The summed E-state index contributed by atoms with van der Waals surface area (Å²) in [6.45, 7) is 0.453. The Labute approximate surface area is 167 Å². The summed E-state index contributed by atoms with van der Waals surface area (Å²) in [7, 11) is 0. The summed E-state index contributed by atoms with van der Waals surface area (Å²) in [5.41, 5.74) is 3.70. The van der Waals surface area contributed by atoms with Crippen molar-refractivity contribution in [1.29, 1.82) is 0 Å². The third-order valence-electron chi connectivity index (χ3n) is 4.25. The van der Waals surface area contributed by atoms with Crippen LogP contribution in [-0.4, -0.2) is 11.7 Å². The fourth-order valence-electron chi connectivity index (χ4n) is 2.79. The fourth-order valence-corrected chi connectivity index (χ4v) is 2.91. The number of nitrogens with zero attached hydrogens (tertiary/aromatic N) is 1. The SMILES string of the molecule is O=C1ON=C(c2ccccc2)/C1=C\c1ccc(OCc2ccc(Cl)cc2)cc1. The molecule has 0 aliphatic carbocycles. The maximum Gasteiger partial charge on any atom is 0.368 e. The Morgan fingerprint density at radius 1 is 0.929 bits per heavy atom. The maximum atomic E-state index is 12.1. The van der Waals surface area contributed by atoms with Crippen LogP contribution in [0, 0.1) is 0 Å². The van der Waals surface area contributed by atoms with E-state index in [9.17, 15) is 4.79 Å². The zero-order chi connectivity index (χ0) is 19.3. The molecule has 0 spiro atoms. The lowest BCUT2D eigenvalue weighted by Crippen LogP contribution is -2.06.